The Kier molecular flexibility index (Phi) is 5.69. The molecule has 1 nitrogen and oxygen atoms in total. The summed E-state index contributed by atoms with van der Waals surface area (Å²) in [6, 6.07) is 34.0. The van der Waals surface area contributed by atoms with E-state index < -0.39 is 0 Å². The second-order valence-electron chi connectivity index (χ2n) is 8.60. The molecule has 0 atom stereocenters. The van der Waals surface area contributed by atoms with E-state index in [4.69, 9.17) is 0 Å². The molecule has 0 radical (unpaired) electrons. The number of thiol groups is 1. The Labute approximate surface area is 185 Å². The molecule has 0 spiro atoms. The summed E-state index contributed by atoms with van der Waals surface area (Å²) in [7, 11) is 0. The standard InChI is InChI=1S/C28H27NS/c1-28(2,3)22-17-23(19-24(30)18-22)29-27-25(20-11-6-4-7-12-20)15-10-16-26(27)21-13-8-5-9-14-21/h4-19,29-30H,1-3H3. The van der Waals surface area contributed by atoms with Crippen molar-refractivity contribution in [2.45, 2.75) is 31.1 Å². The van der Waals surface area contributed by atoms with Gasteiger partial charge in [0.05, 0.1) is 5.69 Å². The maximum Gasteiger partial charge on any atom is 0.0543 e. The molecule has 0 heterocycles. The summed E-state index contributed by atoms with van der Waals surface area (Å²) < 4.78 is 0. The van der Waals surface area contributed by atoms with Crippen molar-refractivity contribution in [1.82, 2.24) is 0 Å². The molecule has 1 N–H and O–H groups in total. The molecule has 0 aliphatic heterocycles. The molecular formula is C28H27NS. The summed E-state index contributed by atoms with van der Waals surface area (Å²) in [5.41, 5.74) is 8.21. The van der Waals surface area contributed by atoms with Crippen molar-refractivity contribution in [1.29, 1.82) is 0 Å². The summed E-state index contributed by atoms with van der Waals surface area (Å²) in [6.07, 6.45) is 0. The van der Waals surface area contributed by atoms with Gasteiger partial charge in [0.2, 0.25) is 0 Å². The lowest BCUT2D eigenvalue weighted by molar-refractivity contribution is 0.589. The monoisotopic (exact) mass is 409 g/mol. The zero-order chi connectivity index (χ0) is 21.1. The van der Waals surface area contributed by atoms with Crippen molar-refractivity contribution in [2.75, 3.05) is 5.32 Å². The van der Waals surface area contributed by atoms with Crippen LogP contribution in [0.25, 0.3) is 22.3 Å². The topological polar surface area (TPSA) is 12.0 Å². The van der Waals surface area contributed by atoms with Crippen molar-refractivity contribution in [2.24, 2.45) is 0 Å². The van der Waals surface area contributed by atoms with Gasteiger partial charge in [-0.1, -0.05) is 99.6 Å². The van der Waals surface area contributed by atoms with Crippen LogP contribution in [-0.2, 0) is 5.41 Å². The zero-order valence-corrected chi connectivity index (χ0v) is 18.6. The molecule has 0 bridgehead atoms. The van der Waals surface area contributed by atoms with Crippen molar-refractivity contribution in [3.8, 4) is 22.3 Å². The minimum Gasteiger partial charge on any atom is -0.354 e. The lowest BCUT2D eigenvalue weighted by atomic mass is 9.87. The van der Waals surface area contributed by atoms with Crippen LogP contribution < -0.4 is 5.32 Å². The predicted octanol–water partition coefficient (Wildman–Crippen LogP) is 8.35. The Balaban J connectivity index is 1.89. The fourth-order valence-electron chi connectivity index (χ4n) is 3.66. The van der Waals surface area contributed by atoms with Crippen LogP contribution >= 0.6 is 12.6 Å². The van der Waals surface area contributed by atoms with Crippen LogP contribution in [0.4, 0.5) is 11.4 Å². The number of hydrogen-bond acceptors (Lipinski definition) is 2. The fraction of sp³-hybridized carbons (Fsp3) is 0.143. The van der Waals surface area contributed by atoms with Gasteiger partial charge in [-0.3, -0.25) is 0 Å². The minimum atomic E-state index is 0.0520. The first kappa shape index (κ1) is 20.3. The maximum atomic E-state index is 4.67. The molecule has 2 heteroatoms. The molecule has 30 heavy (non-hydrogen) atoms. The first-order chi connectivity index (χ1) is 14.4. The molecule has 4 rings (SSSR count). The normalized spacial score (nSPS) is 11.3. The van der Waals surface area contributed by atoms with E-state index in [9.17, 15) is 0 Å². The Morgan fingerprint density at radius 1 is 0.633 bits per heavy atom. The largest absolute Gasteiger partial charge is 0.354 e. The van der Waals surface area contributed by atoms with E-state index >= 15 is 0 Å². The third kappa shape index (κ3) is 4.44. The van der Waals surface area contributed by atoms with E-state index in [1.54, 1.807) is 0 Å². The molecule has 0 saturated carbocycles. The van der Waals surface area contributed by atoms with E-state index in [1.807, 2.05) is 0 Å². The van der Waals surface area contributed by atoms with Gasteiger partial charge in [-0.2, -0.15) is 0 Å². The summed E-state index contributed by atoms with van der Waals surface area (Å²) in [4.78, 5) is 0.961. The highest BCUT2D eigenvalue weighted by atomic mass is 32.1. The summed E-state index contributed by atoms with van der Waals surface area (Å²) in [6.45, 7) is 6.69. The second-order valence-corrected chi connectivity index (χ2v) is 9.12. The van der Waals surface area contributed by atoms with E-state index in [0.29, 0.717) is 0 Å². The van der Waals surface area contributed by atoms with E-state index in [1.165, 1.54) is 27.8 Å². The molecule has 0 aliphatic carbocycles. The number of hydrogen-bond donors (Lipinski definition) is 2. The van der Waals surface area contributed by atoms with Crippen molar-refractivity contribution in [3.05, 3.63) is 103 Å². The smallest absolute Gasteiger partial charge is 0.0543 e. The van der Waals surface area contributed by atoms with Gasteiger partial charge < -0.3 is 5.32 Å². The van der Waals surface area contributed by atoms with Crippen molar-refractivity contribution < 1.29 is 0 Å². The van der Waals surface area contributed by atoms with Crippen LogP contribution in [0.15, 0.2) is 102 Å². The third-order valence-electron chi connectivity index (χ3n) is 5.29. The molecule has 0 aromatic heterocycles. The number of anilines is 2. The summed E-state index contributed by atoms with van der Waals surface area (Å²) in [5.74, 6) is 0. The number of rotatable bonds is 4. The Bertz CT molecular complexity index is 1080. The van der Waals surface area contributed by atoms with Gasteiger partial charge >= 0.3 is 0 Å². The van der Waals surface area contributed by atoms with E-state index in [0.717, 1.165) is 16.3 Å². The molecule has 0 saturated heterocycles. The van der Waals surface area contributed by atoms with Crippen LogP contribution in [0.3, 0.4) is 0 Å². The van der Waals surface area contributed by atoms with Crippen LogP contribution in [0, 0.1) is 0 Å². The van der Waals surface area contributed by atoms with Gasteiger partial charge in [-0.25, -0.2) is 0 Å². The van der Waals surface area contributed by atoms with Gasteiger partial charge in [0.25, 0.3) is 0 Å². The SMILES string of the molecule is CC(C)(C)c1cc(S)cc(Nc2c(-c3ccccc3)cccc2-c2ccccc2)c1. The van der Waals surface area contributed by atoms with Crippen LogP contribution in [-0.4, -0.2) is 0 Å². The first-order valence-corrected chi connectivity index (χ1v) is 10.7. The highest BCUT2D eigenvalue weighted by Gasteiger charge is 2.17. The van der Waals surface area contributed by atoms with Gasteiger partial charge in [0, 0.05) is 21.7 Å². The number of nitrogens with one attached hydrogen (secondary N) is 1. The average molecular weight is 410 g/mol. The van der Waals surface area contributed by atoms with Gasteiger partial charge in [-0.05, 0) is 40.3 Å². The van der Waals surface area contributed by atoms with Crippen molar-refractivity contribution in [3.63, 3.8) is 0 Å². The van der Waals surface area contributed by atoms with E-state index in [2.05, 4.69) is 136 Å². The van der Waals surface area contributed by atoms with Crippen LogP contribution in [0.2, 0.25) is 0 Å². The lowest BCUT2D eigenvalue weighted by Gasteiger charge is -2.22. The Morgan fingerprint density at radius 2 is 1.17 bits per heavy atom. The fourth-order valence-corrected chi connectivity index (χ4v) is 3.94. The first-order valence-electron chi connectivity index (χ1n) is 10.3. The van der Waals surface area contributed by atoms with Crippen molar-refractivity contribution >= 4 is 24.0 Å². The highest BCUT2D eigenvalue weighted by Crippen LogP contribution is 2.39. The molecule has 4 aromatic carbocycles. The lowest BCUT2D eigenvalue weighted by Crippen LogP contribution is -2.11. The van der Waals surface area contributed by atoms with Crippen LogP contribution in [0.5, 0.6) is 0 Å². The van der Waals surface area contributed by atoms with Gasteiger partial charge in [-0.15, -0.1) is 12.6 Å². The average Bonchev–Trinajstić information content (AvgIpc) is 2.74. The van der Waals surface area contributed by atoms with Gasteiger partial charge in [0.15, 0.2) is 0 Å². The number of benzene rings is 4. The molecule has 0 amide bonds. The summed E-state index contributed by atoms with van der Waals surface area (Å²) >= 11 is 4.67. The van der Waals surface area contributed by atoms with E-state index in [-0.39, 0.29) is 5.41 Å². The highest BCUT2D eigenvalue weighted by molar-refractivity contribution is 7.80. The quantitative estimate of drug-likeness (QED) is 0.323. The Hall–Kier alpha value is -2.97. The third-order valence-corrected chi connectivity index (χ3v) is 5.55. The predicted molar refractivity (Wildman–Crippen MR) is 133 cm³/mol. The number of para-hydroxylation sites is 1. The van der Waals surface area contributed by atoms with Crippen LogP contribution in [0.1, 0.15) is 26.3 Å². The minimum absolute atomic E-state index is 0.0520. The molecule has 0 aliphatic rings. The maximum absolute atomic E-state index is 4.67. The Morgan fingerprint density at radius 3 is 1.67 bits per heavy atom. The zero-order valence-electron chi connectivity index (χ0n) is 17.7. The molecule has 0 unspecified atom stereocenters. The molecule has 4 aromatic rings. The summed E-state index contributed by atoms with van der Waals surface area (Å²) in [5, 5.41) is 3.74. The molecule has 0 fully saturated rings. The van der Waals surface area contributed by atoms with Gasteiger partial charge in [0.1, 0.15) is 0 Å². The molecule has 150 valence electrons. The molecular weight excluding hydrogens is 382 g/mol. The second kappa shape index (κ2) is 8.41.